The molecule has 0 aromatic rings. The van der Waals surface area contributed by atoms with E-state index in [-0.39, 0.29) is 16.7 Å². The summed E-state index contributed by atoms with van der Waals surface area (Å²) in [6.45, 7) is 18.8. The summed E-state index contributed by atoms with van der Waals surface area (Å²) in [7, 11) is 0. The summed E-state index contributed by atoms with van der Waals surface area (Å²) in [5, 5.41) is 4.57. The van der Waals surface area contributed by atoms with Gasteiger partial charge in [-0.05, 0) is 91.3 Å². The minimum absolute atomic E-state index is 0.0652. The summed E-state index contributed by atoms with van der Waals surface area (Å²) in [6.07, 6.45) is 16.0. The lowest BCUT2D eigenvalue weighted by Crippen LogP contribution is -2.54. The van der Waals surface area contributed by atoms with Crippen LogP contribution in [0.3, 0.4) is 0 Å². The molecule has 192 valence electrons. The molecule has 1 amide bonds. The Hall–Kier alpha value is -1.12. The number of allylic oxidation sites excluding steroid dienone is 2. The molecule has 4 rings (SSSR count). The van der Waals surface area contributed by atoms with E-state index in [4.69, 9.17) is 0 Å². The van der Waals surface area contributed by atoms with Crippen LogP contribution in [0.4, 0.5) is 0 Å². The van der Waals surface area contributed by atoms with E-state index >= 15 is 0 Å². The maximum Gasteiger partial charge on any atom is 0.236 e. The Morgan fingerprint density at radius 2 is 1.79 bits per heavy atom. The molecule has 4 aliphatic carbocycles. The number of nitrogens with one attached hydrogen (secondary N) is 1. The highest BCUT2D eigenvalue weighted by Crippen LogP contribution is 2.68. The molecule has 0 radical (unpaired) electrons. The van der Waals surface area contributed by atoms with Crippen LogP contribution in [-0.4, -0.2) is 11.6 Å². The minimum Gasteiger partial charge on any atom is -0.274 e. The largest absolute Gasteiger partial charge is 0.274 e. The van der Waals surface area contributed by atoms with Gasteiger partial charge in [-0.3, -0.25) is 4.79 Å². The topological polar surface area (TPSA) is 41.5 Å². The zero-order valence-electron chi connectivity index (χ0n) is 23.5. The summed E-state index contributed by atoms with van der Waals surface area (Å²) in [5.41, 5.74) is 6.25. The second kappa shape index (κ2) is 9.40. The van der Waals surface area contributed by atoms with Gasteiger partial charge in [0.2, 0.25) is 5.91 Å². The van der Waals surface area contributed by atoms with E-state index < -0.39 is 0 Å². The summed E-state index contributed by atoms with van der Waals surface area (Å²) in [4.78, 5) is 11.5. The monoisotopic (exact) mass is 468 g/mol. The number of carbonyl (C=O) groups is 1. The van der Waals surface area contributed by atoms with Crippen LogP contribution >= 0.6 is 0 Å². The van der Waals surface area contributed by atoms with Crippen molar-refractivity contribution in [2.45, 2.75) is 120 Å². The third-order valence-corrected chi connectivity index (χ3v) is 11.3. The van der Waals surface area contributed by atoms with Crippen molar-refractivity contribution in [3.05, 3.63) is 11.6 Å². The normalized spacial score (nSPS) is 40.9. The highest BCUT2D eigenvalue weighted by Gasteiger charge is 2.60. The average Bonchev–Trinajstić information content (AvgIpc) is 3.09. The van der Waals surface area contributed by atoms with Crippen molar-refractivity contribution >= 4 is 11.6 Å². The van der Waals surface area contributed by atoms with Gasteiger partial charge in [0.15, 0.2) is 0 Å². The van der Waals surface area contributed by atoms with Crippen molar-refractivity contribution in [2.75, 3.05) is 0 Å². The fourth-order valence-corrected chi connectivity index (χ4v) is 9.60. The molecule has 0 unspecified atom stereocenters. The number of nitrogens with zero attached hydrogens (tertiary/aromatic N) is 1. The summed E-state index contributed by atoms with van der Waals surface area (Å²) in [5.74, 6) is 5.11. The number of hydrogen-bond acceptors (Lipinski definition) is 2. The molecule has 3 heteroatoms. The van der Waals surface area contributed by atoms with Gasteiger partial charge < -0.3 is 0 Å². The van der Waals surface area contributed by atoms with Gasteiger partial charge in [-0.25, -0.2) is 5.43 Å². The lowest BCUT2D eigenvalue weighted by atomic mass is 9.44. The minimum atomic E-state index is -0.0740. The van der Waals surface area contributed by atoms with Crippen LogP contribution < -0.4 is 5.43 Å². The van der Waals surface area contributed by atoms with Crippen LogP contribution in [0.2, 0.25) is 0 Å². The molecule has 34 heavy (non-hydrogen) atoms. The van der Waals surface area contributed by atoms with Gasteiger partial charge >= 0.3 is 0 Å². The smallest absolute Gasteiger partial charge is 0.236 e. The number of carbonyl (C=O) groups excluding carboxylic acids is 1. The molecule has 0 saturated heterocycles. The SMILES string of the molecule is CC(=O)N/N=C1\CC[C@@]2(C)C(=CC[C@H]3[C@@H]4CC[C@H]([C@@H](C)CCCC(C)C)[C@@]4(C)CC[C@@H]32)C1(C)C. The van der Waals surface area contributed by atoms with E-state index in [1.54, 1.807) is 12.5 Å². The molecule has 0 heterocycles. The van der Waals surface area contributed by atoms with Gasteiger partial charge in [0.25, 0.3) is 0 Å². The maximum absolute atomic E-state index is 11.5. The van der Waals surface area contributed by atoms with E-state index in [0.29, 0.717) is 5.41 Å². The predicted octanol–water partition coefficient (Wildman–Crippen LogP) is 8.16. The molecule has 4 aliphatic rings. The van der Waals surface area contributed by atoms with E-state index in [9.17, 15) is 4.79 Å². The van der Waals surface area contributed by atoms with Gasteiger partial charge in [-0.1, -0.05) is 79.4 Å². The predicted molar refractivity (Wildman–Crippen MR) is 143 cm³/mol. The Labute approximate surface area is 210 Å². The van der Waals surface area contributed by atoms with Crippen molar-refractivity contribution in [3.8, 4) is 0 Å². The van der Waals surface area contributed by atoms with Crippen LogP contribution in [0.5, 0.6) is 0 Å². The quantitative estimate of drug-likeness (QED) is 0.310. The summed E-state index contributed by atoms with van der Waals surface area (Å²) in [6, 6.07) is 0. The zero-order valence-corrected chi connectivity index (χ0v) is 23.5. The molecule has 0 bridgehead atoms. The Bertz CT molecular complexity index is 838. The lowest BCUT2D eigenvalue weighted by Gasteiger charge is -2.60. The van der Waals surface area contributed by atoms with Crippen LogP contribution in [0.15, 0.2) is 16.8 Å². The Kier molecular flexibility index (Phi) is 7.17. The molecule has 3 nitrogen and oxygen atoms in total. The van der Waals surface area contributed by atoms with Crippen LogP contribution in [0, 0.1) is 51.8 Å². The number of amides is 1. The molecular formula is C31H52N2O. The standard InChI is InChI=1S/C31H52N2O/c1-20(2)10-9-11-21(3)24-13-14-25-23-12-15-27-29(5,6)28(33-32-22(4)34)17-19-31(27,8)26(23)16-18-30(24,25)7/h15,20-21,23-26H,9-14,16-19H2,1-8H3,(H,32,34)/b33-28+/t21-,23-,24+,25-,26-,30+,31+/m0/s1. The van der Waals surface area contributed by atoms with Gasteiger partial charge in [0.05, 0.1) is 0 Å². The third-order valence-electron chi connectivity index (χ3n) is 11.3. The van der Waals surface area contributed by atoms with Crippen molar-refractivity contribution in [1.82, 2.24) is 5.43 Å². The highest BCUT2D eigenvalue weighted by molar-refractivity contribution is 5.94. The Morgan fingerprint density at radius 1 is 1.06 bits per heavy atom. The first kappa shape index (κ1) is 26.0. The third kappa shape index (κ3) is 4.32. The molecule has 0 aliphatic heterocycles. The first-order valence-electron chi connectivity index (χ1n) is 14.5. The summed E-state index contributed by atoms with van der Waals surface area (Å²) < 4.78 is 0. The average molecular weight is 469 g/mol. The van der Waals surface area contributed by atoms with Crippen molar-refractivity contribution in [1.29, 1.82) is 0 Å². The lowest BCUT2D eigenvalue weighted by molar-refractivity contribution is -0.118. The number of rotatable bonds is 6. The molecule has 3 saturated carbocycles. The fourth-order valence-electron chi connectivity index (χ4n) is 9.60. The molecular weight excluding hydrogens is 416 g/mol. The Morgan fingerprint density at radius 3 is 2.47 bits per heavy atom. The van der Waals surface area contributed by atoms with Crippen LogP contribution in [0.1, 0.15) is 120 Å². The van der Waals surface area contributed by atoms with Gasteiger partial charge in [-0.2, -0.15) is 5.10 Å². The second-order valence-corrected chi connectivity index (χ2v) is 14.0. The highest BCUT2D eigenvalue weighted by atomic mass is 16.2. The van der Waals surface area contributed by atoms with E-state index in [2.05, 4.69) is 65.1 Å². The van der Waals surface area contributed by atoms with Gasteiger partial charge in [0.1, 0.15) is 0 Å². The Balaban J connectivity index is 1.54. The van der Waals surface area contributed by atoms with E-state index in [1.165, 1.54) is 57.8 Å². The molecule has 1 N–H and O–H groups in total. The van der Waals surface area contributed by atoms with Crippen LogP contribution in [-0.2, 0) is 4.79 Å². The van der Waals surface area contributed by atoms with Gasteiger partial charge in [-0.15, -0.1) is 0 Å². The number of hydrogen-bond donors (Lipinski definition) is 1. The van der Waals surface area contributed by atoms with Crippen molar-refractivity contribution < 1.29 is 4.79 Å². The van der Waals surface area contributed by atoms with E-state index in [0.717, 1.165) is 47.6 Å². The summed E-state index contributed by atoms with van der Waals surface area (Å²) >= 11 is 0. The number of hydrazone groups is 1. The van der Waals surface area contributed by atoms with Gasteiger partial charge in [0, 0.05) is 18.1 Å². The maximum atomic E-state index is 11.5. The molecule has 3 fully saturated rings. The molecule has 0 aromatic carbocycles. The number of fused-ring (bicyclic) bond motifs is 5. The second-order valence-electron chi connectivity index (χ2n) is 14.0. The molecule has 0 aromatic heterocycles. The van der Waals surface area contributed by atoms with E-state index in [1.807, 2.05) is 0 Å². The zero-order chi connectivity index (χ0) is 24.9. The first-order valence-corrected chi connectivity index (χ1v) is 14.5. The van der Waals surface area contributed by atoms with Crippen LogP contribution in [0.25, 0.3) is 0 Å². The molecule has 7 atom stereocenters. The van der Waals surface area contributed by atoms with Crippen molar-refractivity contribution in [3.63, 3.8) is 0 Å². The fraction of sp³-hybridized carbons (Fsp3) is 0.871. The first-order chi connectivity index (χ1) is 15.9. The molecule has 0 spiro atoms. The van der Waals surface area contributed by atoms with Crippen molar-refractivity contribution in [2.24, 2.45) is 56.9 Å².